The van der Waals surface area contributed by atoms with Crippen molar-refractivity contribution < 1.29 is 38.9 Å². The average Bonchev–Trinajstić information content (AvgIpc) is 2.99. The number of fused-ring (bicyclic) bond motifs is 1. The largest absolute Gasteiger partial charge is 0.497 e. The first kappa shape index (κ1) is 31.5. The third-order valence-electron chi connectivity index (χ3n) is 7.33. The summed E-state index contributed by atoms with van der Waals surface area (Å²) in [7, 11) is 1.55. The number of benzene rings is 3. The molecule has 4 rings (SSSR count). The van der Waals surface area contributed by atoms with Gasteiger partial charge in [0.25, 0.3) is 0 Å². The summed E-state index contributed by atoms with van der Waals surface area (Å²) in [6, 6.07) is 15.9. The minimum absolute atomic E-state index is 0.00784. The maximum atomic E-state index is 13.6. The van der Waals surface area contributed by atoms with E-state index in [4.69, 9.17) is 9.84 Å². The van der Waals surface area contributed by atoms with Gasteiger partial charge in [-0.2, -0.15) is 0 Å². The Hall–Kier alpha value is -5.39. The predicted molar refractivity (Wildman–Crippen MR) is 162 cm³/mol. The van der Waals surface area contributed by atoms with Crippen LogP contribution < -0.4 is 20.7 Å². The van der Waals surface area contributed by atoms with Crippen LogP contribution in [-0.4, -0.2) is 64.6 Å². The molecule has 0 bridgehead atoms. The summed E-state index contributed by atoms with van der Waals surface area (Å²) in [4.78, 5) is 63.0. The zero-order valence-corrected chi connectivity index (χ0v) is 24.3. The van der Waals surface area contributed by atoms with Crippen LogP contribution in [0, 0.1) is 0 Å². The molecule has 230 valence electrons. The van der Waals surface area contributed by atoms with Crippen LogP contribution in [0.5, 0.6) is 5.75 Å². The maximum absolute atomic E-state index is 13.6. The summed E-state index contributed by atoms with van der Waals surface area (Å²) in [5.41, 5.74) is 3.78. The Morgan fingerprint density at radius 3 is 2.16 bits per heavy atom. The molecular weight excluding hydrogens is 568 g/mol. The molecule has 44 heavy (non-hydrogen) atoms. The minimum Gasteiger partial charge on any atom is -0.497 e. The van der Waals surface area contributed by atoms with E-state index in [2.05, 4.69) is 16.0 Å². The van der Waals surface area contributed by atoms with Gasteiger partial charge in [0.15, 0.2) is 0 Å². The van der Waals surface area contributed by atoms with Gasteiger partial charge in [-0.1, -0.05) is 30.3 Å². The van der Waals surface area contributed by atoms with Crippen molar-refractivity contribution in [3.05, 3.63) is 89.0 Å². The molecule has 0 saturated heterocycles. The Balaban J connectivity index is 1.47. The van der Waals surface area contributed by atoms with Gasteiger partial charge in [0.1, 0.15) is 17.8 Å². The molecule has 2 unspecified atom stereocenters. The second kappa shape index (κ2) is 14.2. The molecule has 2 atom stereocenters. The Morgan fingerprint density at radius 2 is 1.55 bits per heavy atom. The number of urea groups is 1. The molecule has 3 aromatic rings. The van der Waals surface area contributed by atoms with Crippen molar-refractivity contribution in [1.29, 1.82) is 0 Å². The summed E-state index contributed by atoms with van der Waals surface area (Å²) < 4.78 is 5.12. The summed E-state index contributed by atoms with van der Waals surface area (Å²) in [5.74, 6) is -2.46. The van der Waals surface area contributed by atoms with E-state index in [1.807, 2.05) is 0 Å². The fourth-order valence-corrected chi connectivity index (χ4v) is 5.07. The number of carboxylic acids is 2. The third-order valence-corrected chi connectivity index (χ3v) is 7.33. The second-order valence-corrected chi connectivity index (χ2v) is 10.4. The van der Waals surface area contributed by atoms with Crippen LogP contribution in [0.2, 0.25) is 0 Å². The van der Waals surface area contributed by atoms with Gasteiger partial charge in [-0.25, -0.2) is 9.59 Å². The number of nitrogens with zero attached hydrogens (tertiary/aromatic N) is 1. The lowest BCUT2D eigenvalue weighted by molar-refractivity contribution is -0.144. The molecule has 5 N–H and O–H groups in total. The smallest absolute Gasteiger partial charge is 0.326 e. The third kappa shape index (κ3) is 8.12. The molecule has 1 aliphatic heterocycles. The maximum Gasteiger partial charge on any atom is 0.326 e. The second-order valence-electron chi connectivity index (χ2n) is 10.4. The topological polar surface area (TPSA) is 174 Å². The summed E-state index contributed by atoms with van der Waals surface area (Å²) in [5, 5.41) is 26.9. The number of rotatable bonds is 11. The molecule has 0 aromatic heterocycles. The lowest BCUT2D eigenvalue weighted by atomic mass is 9.91. The monoisotopic (exact) mass is 602 g/mol. The van der Waals surface area contributed by atoms with Gasteiger partial charge < -0.3 is 35.8 Å². The number of aryl methyl sites for hydroxylation is 1. The fraction of sp³-hybridized carbons (Fsp3) is 0.281. The van der Waals surface area contributed by atoms with Crippen LogP contribution in [0.25, 0.3) is 0 Å². The number of hydrogen-bond acceptors (Lipinski definition) is 6. The molecular formula is C32H34N4O8. The van der Waals surface area contributed by atoms with Gasteiger partial charge in [-0.3, -0.25) is 14.4 Å². The quantitative estimate of drug-likeness (QED) is 0.221. The number of carboxylic acid groups (broad SMARTS) is 2. The fourth-order valence-electron chi connectivity index (χ4n) is 5.07. The van der Waals surface area contributed by atoms with Gasteiger partial charge in [-0.15, -0.1) is 0 Å². The molecule has 0 radical (unpaired) electrons. The SMILES string of the molecule is COc1ccc(NC(=O)Nc2ccc3c(c2)CCN(C(C)=O)C3C(=O)NC(Cc2ccc(CCC(=O)O)cc2)C(=O)O)cc1. The van der Waals surface area contributed by atoms with Crippen LogP contribution >= 0.6 is 0 Å². The first-order chi connectivity index (χ1) is 21.0. The number of methoxy groups -OCH3 is 1. The summed E-state index contributed by atoms with van der Waals surface area (Å²) in [6.45, 7) is 1.59. The zero-order chi connectivity index (χ0) is 31.8. The Labute approximate surface area is 254 Å². The molecule has 0 fully saturated rings. The van der Waals surface area contributed by atoms with Crippen LogP contribution in [0.1, 0.15) is 41.6 Å². The van der Waals surface area contributed by atoms with Crippen LogP contribution in [0.4, 0.5) is 16.2 Å². The van der Waals surface area contributed by atoms with Crippen molar-refractivity contribution in [2.24, 2.45) is 0 Å². The van der Waals surface area contributed by atoms with Crippen molar-refractivity contribution >= 4 is 41.2 Å². The summed E-state index contributed by atoms with van der Waals surface area (Å²) >= 11 is 0. The predicted octanol–water partition coefficient (Wildman–Crippen LogP) is 3.61. The van der Waals surface area contributed by atoms with Crippen LogP contribution in [0.3, 0.4) is 0 Å². The van der Waals surface area contributed by atoms with Crippen molar-refractivity contribution in [2.45, 2.75) is 44.7 Å². The van der Waals surface area contributed by atoms with Gasteiger partial charge in [-0.05, 0) is 71.5 Å². The molecule has 1 aliphatic rings. The van der Waals surface area contributed by atoms with E-state index in [9.17, 15) is 29.1 Å². The summed E-state index contributed by atoms with van der Waals surface area (Å²) in [6.07, 6.45) is 0.759. The number of hydrogen-bond donors (Lipinski definition) is 5. The van der Waals surface area contributed by atoms with Crippen molar-refractivity contribution in [1.82, 2.24) is 10.2 Å². The van der Waals surface area contributed by atoms with E-state index >= 15 is 0 Å². The van der Waals surface area contributed by atoms with Gasteiger partial charge in [0.05, 0.1) is 7.11 Å². The minimum atomic E-state index is -1.27. The highest BCUT2D eigenvalue weighted by Gasteiger charge is 2.36. The van der Waals surface area contributed by atoms with Gasteiger partial charge in [0, 0.05) is 37.7 Å². The van der Waals surface area contributed by atoms with Crippen molar-refractivity contribution in [2.75, 3.05) is 24.3 Å². The van der Waals surface area contributed by atoms with Crippen LogP contribution in [0.15, 0.2) is 66.7 Å². The number of nitrogens with one attached hydrogen (secondary N) is 3. The van der Waals surface area contributed by atoms with E-state index in [0.29, 0.717) is 41.1 Å². The van der Waals surface area contributed by atoms with Crippen LogP contribution in [-0.2, 0) is 38.4 Å². The van der Waals surface area contributed by atoms with E-state index in [1.54, 1.807) is 73.8 Å². The number of carbonyl (C=O) groups is 5. The molecule has 0 spiro atoms. The molecule has 4 amide bonds. The standard InChI is InChI=1S/C32H34N4O8/c1-19(37)36-16-15-22-18-24(34-32(43)33-23-8-11-25(44-2)12-9-23)10-13-26(22)29(36)30(40)35-27(31(41)42)17-21-5-3-20(4-6-21)7-14-28(38)39/h3-6,8-13,18,27,29H,7,14-17H2,1-2H3,(H,35,40)(H,38,39)(H,41,42)(H2,33,34,43). The molecule has 1 heterocycles. The number of carbonyl (C=O) groups excluding carboxylic acids is 3. The Morgan fingerprint density at radius 1 is 0.909 bits per heavy atom. The normalized spacial score (nSPS) is 14.5. The van der Waals surface area contributed by atoms with E-state index in [-0.39, 0.29) is 25.3 Å². The molecule has 0 saturated carbocycles. The van der Waals surface area contributed by atoms with Crippen molar-refractivity contribution in [3.8, 4) is 5.75 Å². The number of aliphatic carboxylic acids is 2. The Kier molecular flexibility index (Phi) is 10.2. The lowest BCUT2D eigenvalue weighted by Crippen LogP contribution is -2.51. The van der Waals surface area contributed by atoms with E-state index < -0.39 is 36.0 Å². The molecule has 12 heteroatoms. The van der Waals surface area contributed by atoms with E-state index in [0.717, 1.165) is 11.1 Å². The van der Waals surface area contributed by atoms with Crippen molar-refractivity contribution in [3.63, 3.8) is 0 Å². The highest BCUT2D eigenvalue weighted by Crippen LogP contribution is 2.32. The first-order valence-electron chi connectivity index (χ1n) is 14.0. The molecule has 0 aliphatic carbocycles. The number of amides is 4. The molecule has 3 aromatic carbocycles. The van der Waals surface area contributed by atoms with Gasteiger partial charge in [0.2, 0.25) is 11.8 Å². The van der Waals surface area contributed by atoms with E-state index in [1.165, 1.54) is 11.8 Å². The number of anilines is 2. The Bertz CT molecular complexity index is 1540. The average molecular weight is 603 g/mol. The lowest BCUT2D eigenvalue weighted by Gasteiger charge is -2.36. The zero-order valence-electron chi connectivity index (χ0n) is 24.3. The highest BCUT2D eigenvalue weighted by molar-refractivity contribution is 6.00. The number of ether oxygens (including phenoxy) is 1. The first-order valence-corrected chi connectivity index (χ1v) is 14.0. The molecule has 12 nitrogen and oxygen atoms in total. The van der Waals surface area contributed by atoms with Gasteiger partial charge >= 0.3 is 18.0 Å². The highest BCUT2D eigenvalue weighted by atomic mass is 16.5.